The van der Waals surface area contributed by atoms with E-state index in [0.717, 1.165) is 19.4 Å². The van der Waals surface area contributed by atoms with Crippen LogP contribution in [0, 0.1) is 5.41 Å². The van der Waals surface area contributed by atoms with Crippen molar-refractivity contribution in [1.82, 2.24) is 0 Å². The molecule has 0 radical (unpaired) electrons. The van der Waals surface area contributed by atoms with Crippen LogP contribution in [0.5, 0.6) is 0 Å². The minimum absolute atomic E-state index is 0.121. The Balaban J connectivity index is 3.83. The van der Waals surface area contributed by atoms with Crippen LogP contribution in [0.2, 0.25) is 0 Å². The molecule has 0 aliphatic rings. The maximum absolute atomic E-state index is 5.84. The van der Waals surface area contributed by atoms with Crippen molar-refractivity contribution >= 4 is 0 Å². The van der Waals surface area contributed by atoms with Crippen molar-refractivity contribution in [2.45, 2.75) is 59.5 Å². The predicted molar refractivity (Wildman–Crippen MR) is 62.4 cm³/mol. The summed E-state index contributed by atoms with van der Waals surface area (Å²) in [5.74, 6) is 0. The second-order valence-electron chi connectivity index (χ2n) is 5.12. The fraction of sp³-hybridized carbons (Fsp3) is 1.00. The Kier molecular flexibility index (Phi) is 5.68. The largest absolute Gasteiger partial charge is 0.374 e. The molecule has 14 heavy (non-hydrogen) atoms. The maximum atomic E-state index is 5.84. The fourth-order valence-corrected chi connectivity index (χ4v) is 1.06. The Morgan fingerprint density at radius 3 is 2.00 bits per heavy atom. The Morgan fingerprint density at radius 2 is 1.64 bits per heavy atom. The van der Waals surface area contributed by atoms with Crippen LogP contribution in [0.3, 0.4) is 0 Å². The normalized spacial score (nSPS) is 16.7. The first-order valence-corrected chi connectivity index (χ1v) is 5.73. The predicted octanol–water partition coefficient (Wildman–Crippen LogP) is 2.96. The molecule has 0 aromatic rings. The first kappa shape index (κ1) is 13.9. The summed E-state index contributed by atoms with van der Waals surface area (Å²) in [7, 11) is 0. The summed E-state index contributed by atoms with van der Waals surface area (Å²) in [6.07, 6.45) is 3.29. The fourth-order valence-electron chi connectivity index (χ4n) is 1.06. The van der Waals surface area contributed by atoms with Gasteiger partial charge in [-0.15, -0.1) is 0 Å². The number of ether oxygens (including phenoxy) is 1. The molecule has 2 N–H and O–H groups in total. The third kappa shape index (κ3) is 4.97. The molecule has 0 aliphatic heterocycles. The summed E-state index contributed by atoms with van der Waals surface area (Å²) in [4.78, 5) is 0. The summed E-state index contributed by atoms with van der Waals surface area (Å²) in [6, 6.07) is 0. The molecule has 0 fully saturated rings. The number of nitrogens with two attached hydrogens (primary N) is 1. The van der Waals surface area contributed by atoms with Crippen LogP contribution in [-0.4, -0.2) is 18.8 Å². The van der Waals surface area contributed by atoms with Crippen LogP contribution < -0.4 is 5.73 Å². The maximum Gasteiger partial charge on any atom is 0.0773 e. The van der Waals surface area contributed by atoms with Gasteiger partial charge in [-0.1, -0.05) is 34.1 Å². The third-order valence-electron chi connectivity index (χ3n) is 3.37. The number of rotatable bonds is 7. The summed E-state index contributed by atoms with van der Waals surface area (Å²) in [5.41, 5.74) is 5.95. The Labute approximate surface area is 89.2 Å². The minimum Gasteiger partial charge on any atom is -0.374 e. The molecule has 0 rings (SSSR count). The highest BCUT2D eigenvalue weighted by Gasteiger charge is 2.22. The van der Waals surface area contributed by atoms with Gasteiger partial charge in [0.25, 0.3) is 0 Å². The number of hydrogen-bond acceptors (Lipinski definition) is 2. The van der Waals surface area contributed by atoms with Gasteiger partial charge in [-0.2, -0.15) is 0 Å². The molecule has 86 valence electrons. The molecular formula is C12H27NO. The van der Waals surface area contributed by atoms with Crippen molar-refractivity contribution in [3.8, 4) is 0 Å². The molecule has 0 aliphatic carbocycles. The summed E-state index contributed by atoms with van der Waals surface area (Å²) in [6.45, 7) is 12.4. The van der Waals surface area contributed by atoms with E-state index in [-0.39, 0.29) is 5.60 Å². The molecule has 0 aromatic carbocycles. The molecule has 0 heterocycles. The van der Waals surface area contributed by atoms with Gasteiger partial charge in [-0.25, -0.2) is 0 Å². The Bertz CT molecular complexity index is 150. The lowest BCUT2D eigenvalue weighted by Crippen LogP contribution is -2.37. The molecule has 1 unspecified atom stereocenters. The number of hydrogen-bond donors (Lipinski definition) is 1. The van der Waals surface area contributed by atoms with Gasteiger partial charge >= 0.3 is 0 Å². The van der Waals surface area contributed by atoms with Crippen LogP contribution in [0.25, 0.3) is 0 Å². The summed E-state index contributed by atoms with van der Waals surface area (Å²) < 4.78 is 5.84. The first-order valence-electron chi connectivity index (χ1n) is 5.73. The van der Waals surface area contributed by atoms with Crippen molar-refractivity contribution < 1.29 is 4.74 Å². The monoisotopic (exact) mass is 201 g/mol. The van der Waals surface area contributed by atoms with Gasteiger partial charge in [0.2, 0.25) is 0 Å². The van der Waals surface area contributed by atoms with Crippen LogP contribution >= 0.6 is 0 Å². The topological polar surface area (TPSA) is 35.2 Å². The molecule has 2 nitrogen and oxygen atoms in total. The molecule has 0 bridgehead atoms. The van der Waals surface area contributed by atoms with Gasteiger partial charge in [0.15, 0.2) is 0 Å². The van der Waals surface area contributed by atoms with E-state index in [1.165, 1.54) is 6.42 Å². The second kappa shape index (κ2) is 5.72. The molecule has 0 amide bonds. The molecular weight excluding hydrogens is 174 g/mol. The van der Waals surface area contributed by atoms with E-state index >= 15 is 0 Å². The molecule has 2 heteroatoms. The first-order chi connectivity index (χ1) is 6.39. The lowest BCUT2D eigenvalue weighted by atomic mass is 9.87. The van der Waals surface area contributed by atoms with Gasteiger partial charge in [0.05, 0.1) is 5.60 Å². The Morgan fingerprint density at radius 1 is 1.07 bits per heavy atom. The molecule has 0 saturated heterocycles. The third-order valence-corrected chi connectivity index (χ3v) is 3.37. The highest BCUT2D eigenvalue weighted by molar-refractivity contribution is 4.75. The SMILES string of the molecule is CCC(C)(C)CCOC(C)(CC)CN. The highest BCUT2D eigenvalue weighted by atomic mass is 16.5. The minimum atomic E-state index is -0.121. The van der Waals surface area contributed by atoms with Crippen LogP contribution in [0.4, 0.5) is 0 Å². The average Bonchev–Trinajstić information content (AvgIpc) is 2.17. The van der Waals surface area contributed by atoms with E-state index in [4.69, 9.17) is 10.5 Å². The average molecular weight is 201 g/mol. The van der Waals surface area contributed by atoms with Crippen molar-refractivity contribution in [3.63, 3.8) is 0 Å². The van der Waals surface area contributed by atoms with Crippen molar-refractivity contribution in [2.24, 2.45) is 11.1 Å². The zero-order valence-electron chi connectivity index (χ0n) is 10.5. The Hall–Kier alpha value is -0.0800. The lowest BCUT2D eigenvalue weighted by molar-refractivity contribution is -0.0381. The molecule has 1 atom stereocenters. The van der Waals surface area contributed by atoms with E-state index in [2.05, 4.69) is 34.6 Å². The van der Waals surface area contributed by atoms with Crippen molar-refractivity contribution in [1.29, 1.82) is 0 Å². The van der Waals surface area contributed by atoms with E-state index in [0.29, 0.717) is 12.0 Å². The van der Waals surface area contributed by atoms with Gasteiger partial charge < -0.3 is 10.5 Å². The van der Waals surface area contributed by atoms with E-state index in [9.17, 15) is 0 Å². The van der Waals surface area contributed by atoms with E-state index in [1.807, 2.05) is 0 Å². The van der Waals surface area contributed by atoms with Crippen LogP contribution in [-0.2, 0) is 4.74 Å². The molecule has 0 saturated carbocycles. The van der Waals surface area contributed by atoms with Crippen molar-refractivity contribution in [2.75, 3.05) is 13.2 Å². The zero-order chi connectivity index (χ0) is 11.2. The summed E-state index contributed by atoms with van der Waals surface area (Å²) in [5, 5.41) is 0. The smallest absolute Gasteiger partial charge is 0.0773 e. The van der Waals surface area contributed by atoms with E-state index in [1.54, 1.807) is 0 Å². The van der Waals surface area contributed by atoms with Crippen LogP contribution in [0.1, 0.15) is 53.9 Å². The molecule has 0 aromatic heterocycles. The highest BCUT2D eigenvalue weighted by Crippen LogP contribution is 2.25. The van der Waals surface area contributed by atoms with Crippen molar-refractivity contribution in [3.05, 3.63) is 0 Å². The lowest BCUT2D eigenvalue weighted by Gasteiger charge is -2.30. The summed E-state index contributed by atoms with van der Waals surface area (Å²) >= 11 is 0. The van der Waals surface area contributed by atoms with Gasteiger partial charge in [0.1, 0.15) is 0 Å². The van der Waals surface area contributed by atoms with Crippen LogP contribution in [0.15, 0.2) is 0 Å². The standard InChI is InChI=1S/C12H27NO/c1-6-11(3,4)8-9-14-12(5,7-2)10-13/h6-10,13H2,1-5H3. The zero-order valence-corrected chi connectivity index (χ0v) is 10.5. The van der Waals surface area contributed by atoms with Gasteiger partial charge in [-0.05, 0) is 25.2 Å². The van der Waals surface area contributed by atoms with Gasteiger partial charge in [-0.3, -0.25) is 0 Å². The quantitative estimate of drug-likeness (QED) is 0.687. The van der Waals surface area contributed by atoms with E-state index < -0.39 is 0 Å². The second-order valence-corrected chi connectivity index (χ2v) is 5.12. The molecule has 0 spiro atoms. The van der Waals surface area contributed by atoms with Gasteiger partial charge in [0, 0.05) is 13.2 Å².